The largest absolute Gasteiger partial charge is 0.410 e. The highest BCUT2D eigenvalue weighted by Crippen LogP contribution is 2.34. The first-order valence-electron chi connectivity index (χ1n) is 11.4. The fourth-order valence-electron chi connectivity index (χ4n) is 3.73. The highest BCUT2D eigenvalue weighted by Gasteiger charge is 2.44. The summed E-state index contributed by atoms with van der Waals surface area (Å²) in [6.07, 6.45) is -2.94. The van der Waals surface area contributed by atoms with Crippen molar-refractivity contribution in [3.63, 3.8) is 0 Å². The Morgan fingerprint density at radius 1 is 1.18 bits per heavy atom. The zero-order valence-corrected chi connectivity index (χ0v) is 20.2. The number of rotatable bonds is 11. The minimum absolute atomic E-state index is 0.0385. The quantitative estimate of drug-likeness (QED) is 0.408. The summed E-state index contributed by atoms with van der Waals surface area (Å²) >= 11 is 0.915. The standard InChI is InChI=1S/C23H32F3N5O2S/c1-16(2)15-19(30-20(23(24,25)26)22-29-9-14-34-22)21(32)28-8-7-27-17-3-5-18(6-4-17)31-10-12-33-13-11-31/h3-6,9,14,16,19-20,27,30H,7-8,10-13,15H2,1-2H3,(H,28,32). The molecule has 0 aliphatic carbocycles. The number of anilines is 2. The molecule has 1 aromatic carbocycles. The van der Waals surface area contributed by atoms with Crippen LogP contribution in [0.25, 0.3) is 0 Å². The minimum Gasteiger partial charge on any atom is -0.383 e. The number of hydrogen-bond acceptors (Lipinski definition) is 7. The van der Waals surface area contributed by atoms with Crippen molar-refractivity contribution < 1.29 is 22.7 Å². The molecule has 1 aromatic heterocycles. The summed E-state index contributed by atoms with van der Waals surface area (Å²) in [4.78, 5) is 18.8. The van der Waals surface area contributed by atoms with E-state index in [2.05, 4.69) is 25.8 Å². The lowest BCUT2D eigenvalue weighted by Crippen LogP contribution is -2.50. The van der Waals surface area contributed by atoms with Gasteiger partial charge in [-0.1, -0.05) is 13.8 Å². The molecule has 1 aliphatic heterocycles. The van der Waals surface area contributed by atoms with Crippen molar-refractivity contribution in [3.05, 3.63) is 40.8 Å². The number of aromatic nitrogens is 1. The van der Waals surface area contributed by atoms with Gasteiger partial charge < -0.3 is 20.3 Å². The molecule has 0 saturated carbocycles. The van der Waals surface area contributed by atoms with Gasteiger partial charge in [0.15, 0.2) is 6.04 Å². The average Bonchev–Trinajstić information content (AvgIpc) is 3.33. The number of carbonyl (C=O) groups is 1. The van der Waals surface area contributed by atoms with Crippen molar-refractivity contribution in [2.45, 2.75) is 38.5 Å². The van der Waals surface area contributed by atoms with Crippen LogP contribution in [0.5, 0.6) is 0 Å². The lowest BCUT2D eigenvalue weighted by molar-refractivity contribution is -0.161. The molecule has 2 aromatic rings. The molecule has 1 aliphatic rings. The Morgan fingerprint density at radius 2 is 1.88 bits per heavy atom. The third-order valence-corrected chi connectivity index (χ3v) is 6.25. The fraction of sp³-hybridized carbons (Fsp3) is 0.565. The number of benzene rings is 1. The maximum Gasteiger partial charge on any atom is 0.410 e. The van der Waals surface area contributed by atoms with Crippen molar-refractivity contribution in [2.24, 2.45) is 5.92 Å². The van der Waals surface area contributed by atoms with Crippen LogP contribution in [0.4, 0.5) is 24.5 Å². The molecule has 2 heterocycles. The second-order valence-electron chi connectivity index (χ2n) is 8.56. The first-order chi connectivity index (χ1) is 16.2. The van der Waals surface area contributed by atoms with Crippen molar-refractivity contribution in [1.82, 2.24) is 15.6 Å². The minimum atomic E-state index is -4.55. The summed E-state index contributed by atoms with van der Waals surface area (Å²) in [5.74, 6) is -0.416. The molecule has 3 rings (SSSR count). The number of nitrogens with one attached hydrogen (secondary N) is 3. The topological polar surface area (TPSA) is 78.5 Å². The maximum atomic E-state index is 13.6. The molecule has 7 nitrogen and oxygen atoms in total. The molecular formula is C23H32F3N5O2S. The van der Waals surface area contributed by atoms with Crippen LogP contribution in [-0.2, 0) is 9.53 Å². The molecule has 1 fully saturated rings. The third kappa shape index (κ3) is 7.85. The van der Waals surface area contributed by atoms with Gasteiger partial charge in [0.05, 0.1) is 19.3 Å². The zero-order valence-electron chi connectivity index (χ0n) is 19.4. The van der Waals surface area contributed by atoms with E-state index in [0.717, 1.165) is 49.0 Å². The van der Waals surface area contributed by atoms with E-state index in [0.29, 0.717) is 6.54 Å². The summed E-state index contributed by atoms with van der Waals surface area (Å²) in [7, 11) is 0. The maximum absolute atomic E-state index is 13.6. The monoisotopic (exact) mass is 499 g/mol. The van der Waals surface area contributed by atoms with E-state index in [9.17, 15) is 18.0 Å². The molecular weight excluding hydrogens is 467 g/mol. The van der Waals surface area contributed by atoms with E-state index < -0.39 is 24.2 Å². The Hall–Kier alpha value is -2.37. The summed E-state index contributed by atoms with van der Waals surface area (Å²) in [6, 6.07) is 5.04. The second kappa shape index (κ2) is 12.4. The zero-order chi connectivity index (χ0) is 24.6. The predicted octanol–water partition coefficient (Wildman–Crippen LogP) is 3.82. The normalized spacial score (nSPS) is 16.4. The SMILES string of the molecule is CC(C)CC(NC(c1nccs1)C(F)(F)F)C(=O)NCCNc1ccc(N2CCOCC2)cc1. The Labute approximate surface area is 202 Å². The Kier molecular flexibility index (Phi) is 9.54. The summed E-state index contributed by atoms with van der Waals surface area (Å²) in [5.41, 5.74) is 2.04. The van der Waals surface area contributed by atoms with Crippen LogP contribution in [0.3, 0.4) is 0 Å². The third-order valence-electron chi connectivity index (χ3n) is 5.41. The van der Waals surface area contributed by atoms with Gasteiger partial charge in [-0.3, -0.25) is 10.1 Å². The van der Waals surface area contributed by atoms with Crippen LogP contribution in [0.1, 0.15) is 31.3 Å². The molecule has 2 atom stereocenters. The molecule has 34 heavy (non-hydrogen) atoms. The van der Waals surface area contributed by atoms with Crippen molar-refractivity contribution >= 4 is 28.6 Å². The highest BCUT2D eigenvalue weighted by molar-refractivity contribution is 7.09. The number of carbonyl (C=O) groups excluding carboxylic acids is 1. The van der Waals surface area contributed by atoms with Crippen molar-refractivity contribution in [3.8, 4) is 0 Å². The fourth-order valence-corrected chi connectivity index (χ4v) is 4.45. The van der Waals surface area contributed by atoms with Crippen LogP contribution < -0.4 is 20.9 Å². The van der Waals surface area contributed by atoms with Gasteiger partial charge in [0, 0.05) is 49.1 Å². The number of nitrogens with zero attached hydrogens (tertiary/aromatic N) is 2. The van der Waals surface area contributed by atoms with Crippen LogP contribution in [0, 0.1) is 5.92 Å². The summed E-state index contributed by atoms with van der Waals surface area (Å²) < 4.78 is 46.3. The van der Waals surface area contributed by atoms with E-state index in [-0.39, 0.29) is 23.9 Å². The van der Waals surface area contributed by atoms with Gasteiger partial charge >= 0.3 is 6.18 Å². The number of ether oxygens (including phenoxy) is 1. The van der Waals surface area contributed by atoms with Crippen LogP contribution in [0.15, 0.2) is 35.8 Å². The Balaban J connectivity index is 1.50. The summed E-state index contributed by atoms with van der Waals surface area (Å²) in [5, 5.41) is 9.88. The van der Waals surface area contributed by atoms with Crippen LogP contribution in [-0.4, -0.2) is 62.5 Å². The van der Waals surface area contributed by atoms with Gasteiger partial charge in [0.2, 0.25) is 5.91 Å². The van der Waals surface area contributed by atoms with Crippen molar-refractivity contribution in [2.75, 3.05) is 49.6 Å². The summed E-state index contributed by atoms with van der Waals surface area (Å²) in [6.45, 7) is 7.65. The van der Waals surface area contributed by atoms with Gasteiger partial charge in [-0.05, 0) is 36.6 Å². The number of alkyl halides is 3. The van der Waals surface area contributed by atoms with E-state index in [1.54, 1.807) is 0 Å². The van der Waals surface area contributed by atoms with E-state index >= 15 is 0 Å². The van der Waals surface area contributed by atoms with Crippen LogP contribution in [0.2, 0.25) is 0 Å². The molecule has 0 spiro atoms. The van der Waals surface area contributed by atoms with Gasteiger partial charge in [0.25, 0.3) is 0 Å². The number of amides is 1. The number of halogens is 3. The highest BCUT2D eigenvalue weighted by atomic mass is 32.1. The Bertz CT molecular complexity index is 872. The molecule has 0 radical (unpaired) electrons. The van der Waals surface area contributed by atoms with E-state index in [1.807, 2.05) is 38.1 Å². The first kappa shape index (κ1) is 26.2. The predicted molar refractivity (Wildman–Crippen MR) is 128 cm³/mol. The number of hydrogen-bond donors (Lipinski definition) is 3. The Morgan fingerprint density at radius 3 is 2.47 bits per heavy atom. The number of thiazole rings is 1. The molecule has 11 heteroatoms. The molecule has 1 saturated heterocycles. The smallest absolute Gasteiger partial charge is 0.383 e. The lowest BCUT2D eigenvalue weighted by atomic mass is 10.0. The van der Waals surface area contributed by atoms with Crippen molar-refractivity contribution in [1.29, 1.82) is 0 Å². The average molecular weight is 500 g/mol. The second-order valence-corrected chi connectivity index (χ2v) is 9.48. The van der Waals surface area contributed by atoms with Gasteiger partial charge in [-0.2, -0.15) is 13.2 Å². The molecule has 188 valence electrons. The molecule has 2 unspecified atom stereocenters. The van der Waals surface area contributed by atoms with Gasteiger partial charge in [-0.25, -0.2) is 4.98 Å². The van der Waals surface area contributed by atoms with Gasteiger partial charge in [-0.15, -0.1) is 11.3 Å². The molecule has 3 N–H and O–H groups in total. The number of morpholine rings is 1. The molecule has 0 bridgehead atoms. The van der Waals surface area contributed by atoms with E-state index in [1.165, 1.54) is 11.6 Å². The van der Waals surface area contributed by atoms with E-state index in [4.69, 9.17) is 4.74 Å². The lowest BCUT2D eigenvalue weighted by Gasteiger charge is -2.29. The van der Waals surface area contributed by atoms with Crippen LogP contribution >= 0.6 is 11.3 Å². The molecule has 1 amide bonds. The van der Waals surface area contributed by atoms with Gasteiger partial charge in [0.1, 0.15) is 5.01 Å². The first-order valence-corrected chi connectivity index (χ1v) is 12.3.